The fourth-order valence-electron chi connectivity index (χ4n) is 2.64. The summed E-state index contributed by atoms with van der Waals surface area (Å²) >= 11 is 5.92. The van der Waals surface area contributed by atoms with E-state index in [1.54, 1.807) is 0 Å². The zero-order valence-corrected chi connectivity index (χ0v) is 14.1. The molecule has 122 valence electrons. The van der Waals surface area contributed by atoms with Crippen LogP contribution in [0.2, 0.25) is 5.02 Å². The van der Waals surface area contributed by atoms with Crippen LogP contribution in [0.1, 0.15) is 24.8 Å². The first kappa shape index (κ1) is 17.1. The molecule has 22 heavy (non-hydrogen) atoms. The molecule has 0 saturated heterocycles. The number of benzene rings is 1. The van der Waals surface area contributed by atoms with Gasteiger partial charge in [0, 0.05) is 29.8 Å². The van der Waals surface area contributed by atoms with Gasteiger partial charge in [0.25, 0.3) is 0 Å². The molecule has 5 nitrogen and oxygen atoms in total. The van der Waals surface area contributed by atoms with Crippen molar-refractivity contribution < 1.29 is 13.2 Å². The summed E-state index contributed by atoms with van der Waals surface area (Å²) in [4.78, 5) is 11.8. The third kappa shape index (κ3) is 4.61. The fourth-order valence-corrected chi connectivity index (χ4v) is 3.24. The van der Waals surface area contributed by atoms with Crippen LogP contribution in [0.3, 0.4) is 0 Å². The van der Waals surface area contributed by atoms with Gasteiger partial charge in [-0.3, -0.25) is 0 Å². The van der Waals surface area contributed by atoms with Gasteiger partial charge >= 0.3 is 6.03 Å². The van der Waals surface area contributed by atoms with Gasteiger partial charge in [-0.1, -0.05) is 30.2 Å². The molecule has 1 aromatic carbocycles. The predicted octanol–water partition coefficient (Wildman–Crippen LogP) is 2.11. The summed E-state index contributed by atoms with van der Waals surface area (Å²) in [5.41, 5.74) is 1.15. The summed E-state index contributed by atoms with van der Waals surface area (Å²) < 4.78 is 22.0. The van der Waals surface area contributed by atoms with Crippen molar-refractivity contribution in [1.82, 2.24) is 10.6 Å². The van der Waals surface area contributed by atoms with Crippen LogP contribution in [0.5, 0.6) is 0 Å². The average Bonchev–Trinajstić information content (AvgIpc) is 2.38. The molecule has 0 aromatic heterocycles. The Morgan fingerprint density at radius 1 is 1.23 bits per heavy atom. The van der Waals surface area contributed by atoms with E-state index in [1.807, 2.05) is 24.3 Å². The van der Waals surface area contributed by atoms with Gasteiger partial charge in [0.15, 0.2) is 0 Å². The van der Waals surface area contributed by atoms with Crippen molar-refractivity contribution in [1.29, 1.82) is 0 Å². The van der Waals surface area contributed by atoms with E-state index in [-0.39, 0.29) is 23.7 Å². The van der Waals surface area contributed by atoms with Gasteiger partial charge in [-0.25, -0.2) is 13.2 Å². The molecule has 2 amide bonds. The van der Waals surface area contributed by atoms with E-state index in [4.69, 9.17) is 11.6 Å². The molecule has 1 fully saturated rings. The predicted molar refractivity (Wildman–Crippen MR) is 88.1 cm³/mol. The molecule has 2 rings (SSSR count). The number of sulfone groups is 1. The van der Waals surface area contributed by atoms with E-state index < -0.39 is 9.84 Å². The van der Waals surface area contributed by atoms with E-state index in [9.17, 15) is 13.2 Å². The van der Waals surface area contributed by atoms with Crippen molar-refractivity contribution in [3.8, 4) is 0 Å². The molecule has 7 heteroatoms. The molecule has 0 aliphatic heterocycles. The maximum atomic E-state index is 11.8. The first-order valence-electron chi connectivity index (χ1n) is 7.26. The van der Waals surface area contributed by atoms with Crippen LogP contribution in [-0.2, 0) is 15.3 Å². The Bertz CT molecular complexity index is 625. The minimum atomic E-state index is -3.06. The first-order valence-corrected chi connectivity index (χ1v) is 9.70. The maximum absolute atomic E-state index is 11.8. The number of urea groups is 1. The highest BCUT2D eigenvalue weighted by molar-refractivity contribution is 7.90. The number of carbonyl (C=O) groups excluding carboxylic acids is 1. The Balaban J connectivity index is 1.86. The third-order valence-electron chi connectivity index (χ3n) is 4.11. The van der Waals surface area contributed by atoms with Crippen LogP contribution in [0.15, 0.2) is 24.3 Å². The zero-order valence-electron chi connectivity index (χ0n) is 12.6. The number of carbonyl (C=O) groups is 1. The van der Waals surface area contributed by atoms with Gasteiger partial charge in [-0.15, -0.1) is 0 Å². The van der Waals surface area contributed by atoms with Crippen LogP contribution in [0.4, 0.5) is 4.79 Å². The topological polar surface area (TPSA) is 75.3 Å². The lowest BCUT2D eigenvalue weighted by molar-refractivity contribution is 0.215. The van der Waals surface area contributed by atoms with E-state index in [2.05, 4.69) is 10.6 Å². The second-order valence-electron chi connectivity index (χ2n) is 5.88. The molecule has 0 atom stereocenters. The van der Waals surface area contributed by atoms with Gasteiger partial charge < -0.3 is 10.6 Å². The highest BCUT2D eigenvalue weighted by atomic mass is 35.5. The molecule has 0 heterocycles. The Hall–Kier alpha value is -1.27. The number of nitrogens with one attached hydrogen (secondary N) is 2. The minimum absolute atomic E-state index is 0.0290. The molecule has 0 bridgehead atoms. The number of halogens is 1. The van der Waals surface area contributed by atoms with Gasteiger partial charge in [-0.05, 0) is 30.5 Å². The fraction of sp³-hybridized carbons (Fsp3) is 0.533. The summed E-state index contributed by atoms with van der Waals surface area (Å²) in [7, 11) is -3.06. The Labute approximate surface area is 136 Å². The lowest BCUT2D eigenvalue weighted by Crippen LogP contribution is -2.48. The lowest BCUT2D eigenvalue weighted by atomic mass is 9.64. The lowest BCUT2D eigenvalue weighted by Gasteiger charge is -2.42. The average molecular weight is 345 g/mol. The molecule has 1 aliphatic rings. The second-order valence-corrected chi connectivity index (χ2v) is 8.58. The Morgan fingerprint density at radius 2 is 1.86 bits per heavy atom. The molecule has 0 unspecified atom stereocenters. The van der Waals surface area contributed by atoms with Gasteiger partial charge in [0.2, 0.25) is 0 Å². The third-order valence-corrected chi connectivity index (χ3v) is 5.31. The van der Waals surface area contributed by atoms with E-state index in [0.717, 1.165) is 25.5 Å². The summed E-state index contributed by atoms with van der Waals surface area (Å²) in [6.07, 6.45) is 4.34. The Morgan fingerprint density at radius 3 is 2.36 bits per heavy atom. The van der Waals surface area contributed by atoms with E-state index in [1.165, 1.54) is 5.56 Å². The van der Waals surface area contributed by atoms with Gasteiger partial charge in [0.05, 0.1) is 5.75 Å². The molecule has 0 radical (unpaired) electrons. The van der Waals surface area contributed by atoms with Crippen LogP contribution in [0.25, 0.3) is 0 Å². The van der Waals surface area contributed by atoms with Crippen molar-refractivity contribution in [3.63, 3.8) is 0 Å². The van der Waals surface area contributed by atoms with Crippen molar-refractivity contribution >= 4 is 27.5 Å². The smallest absolute Gasteiger partial charge is 0.314 e. The molecule has 1 saturated carbocycles. The highest BCUT2D eigenvalue weighted by Gasteiger charge is 2.38. The number of rotatable bonds is 6. The highest BCUT2D eigenvalue weighted by Crippen LogP contribution is 2.43. The standard InChI is InChI=1S/C15H21ClN2O3S/c1-22(20,21)10-9-17-14(19)18-11-15(7-2-8-15)12-3-5-13(16)6-4-12/h3-6H,2,7-11H2,1H3,(H2,17,18,19). The van der Waals surface area contributed by atoms with Crippen molar-refractivity contribution in [2.24, 2.45) is 0 Å². The molecule has 2 N–H and O–H groups in total. The van der Waals surface area contributed by atoms with Gasteiger partial charge in [0.1, 0.15) is 9.84 Å². The zero-order chi connectivity index (χ0) is 16.2. The van der Waals surface area contributed by atoms with Crippen molar-refractivity contribution in [3.05, 3.63) is 34.9 Å². The number of hydrogen-bond acceptors (Lipinski definition) is 3. The summed E-state index contributed by atoms with van der Waals surface area (Å²) in [5.74, 6) is -0.0528. The van der Waals surface area contributed by atoms with Crippen LogP contribution in [-0.4, -0.2) is 39.5 Å². The Kier molecular flexibility index (Phi) is 5.34. The second kappa shape index (κ2) is 6.87. The van der Waals surface area contributed by atoms with Crippen LogP contribution in [0, 0.1) is 0 Å². The summed E-state index contributed by atoms with van der Waals surface area (Å²) in [6.45, 7) is 0.665. The van der Waals surface area contributed by atoms with Crippen molar-refractivity contribution in [2.75, 3.05) is 25.1 Å². The molecule has 0 spiro atoms. The minimum Gasteiger partial charge on any atom is -0.337 e. The van der Waals surface area contributed by atoms with Crippen LogP contribution < -0.4 is 10.6 Å². The molecular formula is C15H21ClN2O3S. The van der Waals surface area contributed by atoms with E-state index >= 15 is 0 Å². The normalized spacial score (nSPS) is 16.6. The summed E-state index contributed by atoms with van der Waals surface area (Å²) in [6, 6.07) is 7.41. The SMILES string of the molecule is CS(=O)(=O)CCNC(=O)NCC1(c2ccc(Cl)cc2)CCC1. The van der Waals surface area contributed by atoms with Gasteiger partial charge in [-0.2, -0.15) is 0 Å². The van der Waals surface area contributed by atoms with Crippen molar-refractivity contribution in [2.45, 2.75) is 24.7 Å². The van der Waals surface area contributed by atoms with E-state index in [0.29, 0.717) is 11.6 Å². The molecule has 1 aromatic rings. The molecular weight excluding hydrogens is 324 g/mol. The first-order chi connectivity index (χ1) is 10.3. The maximum Gasteiger partial charge on any atom is 0.314 e. The quantitative estimate of drug-likeness (QED) is 0.829. The number of amides is 2. The number of hydrogen-bond donors (Lipinski definition) is 2. The monoisotopic (exact) mass is 344 g/mol. The van der Waals surface area contributed by atoms with Crippen LogP contribution >= 0.6 is 11.6 Å². The molecule has 1 aliphatic carbocycles. The summed E-state index contributed by atoms with van der Waals surface area (Å²) in [5, 5.41) is 6.12. The largest absolute Gasteiger partial charge is 0.337 e.